The Morgan fingerprint density at radius 3 is 2.10 bits per heavy atom. The van der Waals surface area contributed by atoms with E-state index in [1.807, 2.05) is 54.6 Å². The molecule has 110 valence electrons. The van der Waals surface area contributed by atoms with Crippen molar-refractivity contribution < 1.29 is 9.53 Å². The summed E-state index contributed by atoms with van der Waals surface area (Å²) in [6.45, 7) is 7.20. The lowest BCUT2D eigenvalue weighted by molar-refractivity contribution is 0.103. The van der Waals surface area contributed by atoms with Gasteiger partial charge in [-0.3, -0.25) is 4.79 Å². The fourth-order valence-electron chi connectivity index (χ4n) is 1.84. The van der Waals surface area contributed by atoms with Crippen LogP contribution in [0.15, 0.2) is 54.6 Å². The van der Waals surface area contributed by atoms with Crippen LogP contribution in [0.2, 0.25) is 0 Å². The van der Waals surface area contributed by atoms with Crippen molar-refractivity contribution in [3.8, 4) is 5.75 Å². The summed E-state index contributed by atoms with van der Waals surface area (Å²) < 4.78 is 5.79. The maximum atomic E-state index is 12.3. The number of hydrogen-bond donors (Lipinski definition) is 0. The number of carbonyl (C=O) groups is 1. The van der Waals surface area contributed by atoms with Crippen LogP contribution in [0, 0.1) is 5.41 Å². The molecule has 0 aliphatic carbocycles. The molecule has 0 heterocycles. The van der Waals surface area contributed by atoms with Crippen molar-refractivity contribution in [3.05, 3.63) is 65.7 Å². The first kappa shape index (κ1) is 15.3. The maximum absolute atomic E-state index is 12.3. The Hall–Kier alpha value is -2.09. The van der Waals surface area contributed by atoms with Crippen LogP contribution in [0.3, 0.4) is 0 Å². The smallest absolute Gasteiger partial charge is 0.193 e. The van der Waals surface area contributed by atoms with Gasteiger partial charge in [0.1, 0.15) is 5.75 Å². The van der Waals surface area contributed by atoms with Gasteiger partial charge in [-0.15, -0.1) is 0 Å². The van der Waals surface area contributed by atoms with Crippen LogP contribution < -0.4 is 4.74 Å². The number of ketones is 1. The molecule has 0 amide bonds. The molecule has 0 aliphatic rings. The Balaban J connectivity index is 2.04. The molecule has 2 rings (SSSR count). The van der Waals surface area contributed by atoms with E-state index in [0.717, 1.165) is 12.2 Å². The highest BCUT2D eigenvalue weighted by Gasteiger charge is 2.16. The molecule has 0 saturated heterocycles. The van der Waals surface area contributed by atoms with Crippen LogP contribution in [-0.4, -0.2) is 12.4 Å². The summed E-state index contributed by atoms with van der Waals surface area (Å²) in [5.41, 5.74) is 1.56. The largest absolute Gasteiger partial charge is 0.493 e. The highest BCUT2D eigenvalue weighted by molar-refractivity contribution is 6.08. The second-order valence-electron chi connectivity index (χ2n) is 6.03. The molecule has 0 saturated carbocycles. The summed E-state index contributed by atoms with van der Waals surface area (Å²) in [7, 11) is 0. The maximum Gasteiger partial charge on any atom is 0.193 e. The standard InChI is InChI=1S/C19H22O2/c1-4-19(2,3)14-21-17-12-10-16(11-13-17)18(20)15-8-6-5-7-9-15/h5-13H,4,14H2,1-3H3. The normalized spacial score (nSPS) is 11.2. The Morgan fingerprint density at radius 2 is 1.52 bits per heavy atom. The Morgan fingerprint density at radius 1 is 0.952 bits per heavy atom. The molecule has 21 heavy (non-hydrogen) atoms. The van der Waals surface area contributed by atoms with Crippen LogP contribution in [0.1, 0.15) is 43.1 Å². The molecule has 0 bridgehead atoms. The topological polar surface area (TPSA) is 26.3 Å². The van der Waals surface area contributed by atoms with E-state index < -0.39 is 0 Å². The van der Waals surface area contributed by atoms with Crippen molar-refractivity contribution in [3.63, 3.8) is 0 Å². The predicted octanol–water partition coefficient (Wildman–Crippen LogP) is 4.73. The van der Waals surface area contributed by atoms with Gasteiger partial charge in [0.05, 0.1) is 6.61 Å². The first-order valence-corrected chi connectivity index (χ1v) is 7.34. The van der Waals surface area contributed by atoms with E-state index in [4.69, 9.17) is 4.74 Å². The van der Waals surface area contributed by atoms with E-state index in [-0.39, 0.29) is 11.2 Å². The molecule has 0 spiro atoms. The van der Waals surface area contributed by atoms with Crippen molar-refractivity contribution in [2.75, 3.05) is 6.61 Å². The molecule has 0 radical (unpaired) electrons. The molecule has 0 fully saturated rings. The van der Waals surface area contributed by atoms with Crippen LogP contribution in [0.4, 0.5) is 0 Å². The molecular formula is C19H22O2. The molecule has 2 aromatic carbocycles. The summed E-state index contributed by atoms with van der Waals surface area (Å²) in [5.74, 6) is 0.845. The van der Waals surface area contributed by atoms with E-state index in [9.17, 15) is 4.79 Å². The highest BCUT2D eigenvalue weighted by Crippen LogP contribution is 2.22. The molecule has 0 atom stereocenters. The number of carbonyl (C=O) groups excluding carboxylic acids is 1. The van der Waals surface area contributed by atoms with Gasteiger partial charge in [-0.05, 0) is 36.1 Å². The molecule has 0 aliphatic heterocycles. The number of ether oxygens (including phenoxy) is 1. The monoisotopic (exact) mass is 282 g/mol. The van der Waals surface area contributed by atoms with Gasteiger partial charge < -0.3 is 4.74 Å². The molecule has 2 nitrogen and oxygen atoms in total. The Bertz CT molecular complexity index is 583. The second-order valence-corrected chi connectivity index (χ2v) is 6.03. The lowest BCUT2D eigenvalue weighted by Gasteiger charge is -2.22. The fourth-order valence-corrected chi connectivity index (χ4v) is 1.84. The third-order valence-electron chi connectivity index (χ3n) is 3.74. The third-order valence-corrected chi connectivity index (χ3v) is 3.74. The van der Waals surface area contributed by atoms with Crippen molar-refractivity contribution in [1.29, 1.82) is 0 Å². The van der Waals surface area contributed by atoms with Crippen molar-refractivity contribution in [2.45, 2.75) is 27.2 Å². The van der Waals surface area contributed by atoms with Gasteiger partial charge in [0, 0.05) is 11.1 Å². The average Bonchev–Trinajstić information content (AvgIpc) is 2.54. The van der Waals surface area contributed by atoms with Crippen LogP contribution >= 0.6 is 0 Å². The Labute approximate surface area is 126 Å². The van der Waals surface area contributed by atoms with Gasteiger partial charge in [0.25, 0.3) is 0 Å². The van der Waals surface area contributed by atoms with E-state index in [2.05, 4.69) is 20.8 Å². The molecule has 2 aromatic rings. The average molecular weight is 282 g/mol. The molecule has 2 heteroatoms. The van der Waals surface area contributed by atoms with Gasteiger partial charge in [0.2, 0.25) is 0 Å². The number of rotatable bonds is 6. The fraction of sp³-hybridized carbons (Fsp3) is 0.316. The van der Waals surface area contributed by atoms with E-state index in [1.165, 1.54) is 0 Å². The summed E-state index contributed by atoms with van der Waals surface area (Å²) in [5, 5.41) is 0. The minimum Gasteiger partial charge on any atom is -0.493 e. The first-order chi connectivity index (χ1) is 10.0. The van der Waals surface area contributed by atoms with E-state index >= 15 is 0 Å². The SMILES string of the molecule is CCC(C)(C)COc1ccc(C(=O)c2ccccc2)cc1. The van der Waals surface area contributed by atoms with Crippen molar-refractivity contribution >= 4 is 5.78 Å². The number of benzene rings is 2. The predicted molar refractivity (Wildman–Crippen MR) is 85.9 cm³/mol. The lowest BCUT2D eigenvalue weighted by atomic mass is 9.92. The van der Waals surface area contributed by atoms with Crippen LogP contribution in [0.25, 0.3) is 0 Å². The molecule has 0 aromatic heterocycles. The summed E-state index contributed by atoms with van der Waals surface area (Å²) in [6.07, 6.45) is 1.07. The number of hydrogen-bond acceptors (Lipinski definition) is 2. The minimum atomic E-state index is 0.0380. The van der Waals surface area contributed by atoms with Crippen LogP contribution in [-0.2, 0) is 0 Å². The molecule has 0 unspecified atom stereocenters. The molecular weight excluding hydrogens is 260 g/mol. The van der Waals surface area contributed by atoms with E-state index in [1.54, 1.807) is 0 Å². The lowest BCUT2D eigenvalue weighted by Crippen LogP contribution is -2.20. The summed E-state index contributed by atoms with van der Waals surface area (Å²) >= 11 is 0. The summed E-state index contributed by atoms with van der Waals surface area (Å²) in [4.78, 5) is 12.3. The van der Waals surface area contributed by atoms with E-state index in [0.29, 0.717) is 17.7 Å². The van der Waals surface area contributed by atoms with Gasteiger partial charge >= 0.3 is 0 Å². The van der Waals surface area contributed by atoms with Crippen LogP contribution in [0.5, 0.6) is 5.75 Å². The van der Waals surface area contributed by atoms with Gasteiger partial charge in [-0.2, -0.15) is 0 Å². The van der Waals surface area contributed by atoms with Crippen molar-refractivity contribution in [2.24, 2.45) is 5.41 Å². The zero-order valence-electron chi connectivity index (χ0n) is 12.9. The highest BCUT2D eigenvalue weighted by atomic mass is 16.5. The quantitative estimate of drug-likeness (QED) is 0.716. The molecule has 0 N–H and O–H groups in total. The van der Waals surface area contributed by atoms with Gasteiger partial charge in [-0.1, -0.05) is 51.1 Å². The van der Waals surface area contributed by atoms with Gasteiger partial charge in [0.15, 0.2) is 5.78 Å². The third kappa shape index (κ3) is 4.19. The second kappa shape index (κ2) is 6.57. The Kier molecular flexibility index (Phi) is 4.79. The zero-order chi connectivity index (χ0) is 15.3. The van der Waals surface area contributed by atoms with Crippen molar-refractivity contribution in [1.82, 2.24) is 0 Å². The minimum absolute atomic E-state index is 0.0380. The first-order valence-electron chi connectivity index (χ1n) is 7.34. The zero-order valence-corrected chi connectivity index (χ0v) is 12.9. The van der Waals surface area contributed by atoms with Gasteiger partial charge in [-0.25, -0.2) is 0 Å². The summed E-state index contributed by atoms with van der Waals surface area (Å²) in [6, 6.07) is 16.7.